The lowest BCUT2D eigenvalue weighted by atomic mass is 9.84. The van der Waals surface area contributed by atoms with Crippen molar-refractivity contribution in [3.63, 3.8) is 0 Å². The Morgan fingerprint density at radius 1 is 0.971 bits per heavy atom. The second-order valence-electron chi connectivity index (χ2n) is 9.76. The predicted octanol–water partition coefficient (Wildman–Crippen LogP) is 3.13. The second kappa shape index (κ2) is 9.70. The fraction of sp³-hybridized carbons (Fsp3) is 0.444. The molecule has 8 heteroatoms. The van der Waals surface area contributed by atoms with Crippen molar-refractivity contribution in [2.24, 2.45) is 5.92 Å². The first-order valence-corrected chi connectivity index (χ1v) is 12.2. The van der Waals surface area contributed by atoms with Crippen LogP contribution in [0.3, 0.4) is 0 Å². The molecular formula is C27H30N2O6. The number of hydrogen-bond acceptors (Lipinski definition) is 5. The molecule has 2 aromatic carbocycles. The van der Waals surface area contributed by atoms with Crippen LogP contribution in [-0.2, 0) is 14.3 Å². The Bertz CT molecular complexity index is 1090. The number of rotatable bonds is 5. The van der Waals surface area contributed by atoms with Crippen LogP contribution in [0.4, 0.5) is 4.79 Å². The van der Waals surface area contributed by atoms with Crippen molar-refractivity contribution in [3.8, 4) is 11.1 Å². The van der Waals surface area contributed by atoms with Gasteiger partial charge in [-0.1, -0.05) is 55.0 Å². The van der Waals surface area contributed by atoms with Crippen molar-refractivity contribution >= 4 is 18.0 Å². The summed E-state index contributed by atoms with van der Waals surface area (Å²) in [6.07, 6.45) is 1.28. The van der Waals surface area contributed by atoms with Crippen molar-refractivity contribution in [1.29, 1.82) is 0 Å². The molecule has 2 aliphatic carbocycles. The Hall–Kier alpha value is -3.39. The number of β-amino-alcohol motifs (C(OH)–C–C–N with tert-alkyl or cyclic N) is 1. The minimum Gasteiger partial charge on any atom is -0.480 e. The summed E-state index contributed by atoms with van der Waals surface area (Å²) in [6.45, 7) is 0.262. The molecule has 3 N–H and O–H groups in total. The Labute approximate surface area is 203 Å². The van der Waals surface area contributed by atoms with Gasteiger partial charge in [0.1, 0.15) is 12.6 Å². The molecule has 35 heavy (non-hydrogen) atoms. The number of alkyl carbamates (subject to hydrolysis) is 1. The van der Waals surface area contributed by atoms with E-state index >= 15 is 0 Å². The Morgan fingerprint density at radius 2 is 1.63 bits per heavy atom. The number of carboxylic acid groups (broad SMARTS) is 1. The molecule has 0 radical (unpaired) electrons. The summed E-state index contributed by atoms with van der Waals surface area (Å²) in [6, 6.07) is 15.1. The van der Waals surface area contributed by atoms with Gasteiger partial charge in [0.2, 0.25) is 5.91 Å². The number of aliphatic hydroxyl groups is 1. The topological polar surface area (TPSA) is 116 Å². The number of nitrogens with zero attached hydrogens (tertiary/aromatic N) is 1. The molecule has 1 saturated carbocycles. The van der Waals surface area contributed by atoms with Crippen molar-refractivity contribution in [2.75, 3.05) is 13.2 Å². The molecule has 184 valence electrons. The van der Waals surface area contributed by atoms with Gasteiger partial charge in [0, 0.05) is 30.8 Å². The number of ether oxygens (including phenoxy) is 1. The lowest BCUT2D eigenvalue weighted by Gasteiger charge is -2.32. The van der Waals surface area contributed by atoms with E-state index in [0.717, 1.165) is 35.1 Å². The molecule has 2 amide bonds. The van der Waals surface area contributed by atoms with Gasteiger partial charge in [0.25, 0.3) is 0 Å². The van der Waals surface area contributed by atoms with Crippen LogP contribution in [0.1, 0.15) is 49.1 Å². The van der Waals surface area contributed by atoms with Crippen LogP contribution in [0.25, 0.3) is 11.1 Å². The van der Waals surface area contributed by atoms with E-state index in [1.54, 1.807) is 0 Å². The van der Waals surface area contributed by atoms with Gasteiger partial charge in [0.05, 0.1) is 6.10 Å². The number of carbonyl (C=O) groups is 3. The highest BCUT2D eigenvalue weighted by Gasteiger charge is 2.42. The van der Waals surface area contributed by atoms with Gasteiger partial charge in [-0.05, 0) is 41.5 Å². The first kappa shape index (κ1) is 23.4. The third-order valence-electron chi connectivity index (χ3n) is 7.54. The van der Waals surface area contributed by atoms with Crippen LogP contribution >= 0.6 is 0 Å². The molecule has 2 unspecified atom stereocenters. The van der Waals surface area contributed by atoms with Crippen LogP contribution < -0.4 is 5.32 Å². The summed E-state index contributed by atoms with van der Waals surface area (Å²) < 4.78 is 5.64. The molecule has 5 rings (SSSR count). The van der Waals surface area contributed by atoms with Crippen molar-refractivity contribution in [2.45, 2.75) is 56.2 Å². The second-order valence-corrected chi connectivity index (χ2v) is 9.76. The third kappa shape index (κ3) is 4.62. The normalized spacial score (nSPS) is 25.6. The minimum absolute atomic E-state index is 0.0246. The molecule has 1 saturated heterocycles. The highest BCUT2D eigenvalue weighted by molar-refractivity contribution is 5.86. The maximum absolute atomic E-state index is 13.0. The number of fused-ring (bicyclic) bond motifs is 3. The SMILES string of the molecule is O=C(NC1CCCC(C(=O)N2C[C@H](O)C[C@H]2C(=O)O)C1)OCC1c2ccccc2-c2ccccc21. The highest BCUT2D eigenvalue weighted by Crippen LogP contribution is 2.44. The summed E-state index contributed by atoms with van der Waals surface area (Å²) in [5.41, 5.74) is 4.62. The van der Waals surface area contributed by atoms with Crippen LogP contribution in [0, 0.1) is 5.92 Å². The molecule has 2 fully saturated rings. The number of carbonyl (C=O) groups excluding carboxylic acids is 2. The van der Waals surface area contributed by atoms with Gasteiger partial charge >= 0.3 is 12.1 Å². The molecule has 3 aliphatic rings. The average molecular weight is 479 g/mol. The van der Waals surface area contributed by atoms with E-state index in [1.165, 1.54) is 4.90 Å². The first-order valence-electron chi connectivity index (χ1n) is 12.2. The number of benzene rings is 2. The quantitative estimate of drug-likeness (QED) is 0.608. The smallest absolute Gasteiger partial charge is 0.407 e. The number of aliphatic carboxylic acids is 1. The fourth-order valence-electron chi connectivity index (χ4n) is 5.88. The van der Waals surface area contributed by atoms with Gasteiger partial charge in [-0.3, -0.25) is 4.79 Å². The van der Waals surface area contributed by atoms with Crippen LogP contribution in [0.2, 0.25) is 0 Å². The summed E-state index contributed by atoms with van der Waals surface area (Å²) in [7, 11) is 0. The first-order chi connectivity index (χ1) is 16.9. The molecular weight excluding hydrogens is 448 g/mol. The summed E-state index contributed by atoms with van der Waals surface area (Å²) in [5, 5.41) is 22.2. The molecule has 4 atom stereocenters. The van der Waals surface area contributed by atoms with Gasteiger partial charge in [-0.2, -0.15) is 0 Å². The maximum Gasteiger partial charge on any atom is 0.407 e. The lowest BCUT2D eigenvalue weighted by molar-refractivity contribution is -0.150. The van der Waals surface area contributed by atoms with Gasteiger partial charge in [0.15, 0.2) is 0 Å². The summed E-state index contributed by atoms with van der Waals surface area (Å²) >= 11 is 0. The Morgan fingerprint density at radius 3 is 2.29 bits per heavy atom. The van der Waals surface area contributed by atoms with E-state index in [2.05, 4.69) is 29.6 Å². The molecule has 0 spiro atoms. The number of hydrogen-bond donors (Lipinski definition) is 3. The maximum atomic E-state index is 13.0. The molecule has 1 aliphatic heterocycles. The van der Waals surface area contributed by atoms with Crippen LogP contribution in [0.5, 0.6) is 0 Å². The van der Waals surface area contributed by atoms with Crippen molar-refractivity contribution < 1.29 is 29.3 Å². The number of likely N-dealkylation sites (tertiary alicyclic amines) is 1. The van der Waals surface area contributed by atoms with Crippen LogP contribution in [0.15, 0.2) is 48.5 Å². The zero-order chi connectivity index (χ0) is 24.5. The zero-order valence-corrected chi connectivity index (χ0v) is 19.4. The number of carboxylic acids is 1. The largest absolute Gasteiger partial charge is 0.480 e. The Kier molecular flexibility index (Phi) is 6.47. The predicted molar refractivity (Wildman–Crippen MR) is 128 cm³/mol. The van der Waals surface area contributed by atoms with Crippen LogP contribution in [-0.4, -0.2) is 64.4 Å². The van der Waals surface area contributed by atoms with Gasteiger partial charge in [-0.25, -0.2) is 9.59 Å². The summed E-state index contributed by atoms with van der Waals surface area (Å²) in [5.74, 6) is -1.76. The molecule has 0 bridgehead atoms. The number of amides is 2. The fourth-order valence-corrected chi connectivity index (χ4v) is 5.88. The van der Waals surface area contributed by atoms with Gasteiger partial charge < -0.3 is 25.2 Å². The molecule has 2 aromatic rings. The van der Waals surface area contributed by atoms with E-state index in [-0.39, 0.29) is 43.4 Å². The average Bonchev–Trinajstić information content (AvgIpc) is 3.41. The van der Waals surface area contributed by atoms with E-state index < -0.39 is 24.2 Å². The number of nitrogens with one attached hydrogen (secondary N) is 1. The minimum atomic E-state index is -1.10. The van der Waals surface area contributed by atoms with E-state index in [0.29, 0.717) is 12.8 Å². The highest BCUT2D eigenvalue weighted by atomic mass is 16.5. The Balaban J connectivity index is 1.18. The van der Waals surface area contributed by atoms with E-state index in [9.17, 15) is 24.6 Å². The van der Waals surface area contributed by atoms with E-state index in [1.807, 2.05) is 24.3 Å². The molecule has 1 heterocycles. The molecule has 0 aromatic heterocycles. The van der Waals surface area contributed by atoms with E-state index in [4.69, 9.17) is 4.74 Å². The van der Waals surface area contributed by atoms with Crippen molar-refractivity contribution in [3.05, 3.63) is 59.7 Å². The number of aliphatic hydroxyl groups excluding tert-OH is 1. The molecule has 8 nitrogen and oxygen atoms in total. The van der Waals surface area contributed by atoms with Crippen molar-refractivity contribution in [1.82, 2.24) is 10.2 Å². The third-order valence-corrected chi connectivity index (χ3v) is 7.54. The zero-order valence-electron chi connectivity index (χ0n) is 19.4. The standard InChI is InChI=1S/C27H30N2O6/c30-18-13-24(26(32)33)29(14-18)25(31)16-6-5-7-17(12-16)28-27(34)35-15-23-21-10-3-1-8-19(21)20-9-2-4-11-22(20)23/h1-4,8-11,16-18,23-24,30H,5-7,12-15H2,(H,28,34)(H,32,33)/t16?,17?,18-,24+/m1/s1. The lowest BCUT2D eigenvalue weighted by Crippen LogP contribution is -2.47. The summed E-state index contributed by atoms with van der Waals surface area (Å²) in [4.78, 5) is 38.5. The van der Waals surface area contributed by atoms with Gasteiger partial charge in [-0.15, -0.1) is 0 Å². The monoisotopic (exact) mass is 478 g/mol.